The second-order valence-corrected chi connectivity index (χ2v) is 5.09. The van der Waals surface area contributed by atoms with E-state index in [1.165, 1.54) is 30.5 Å². The first-order valence-corrected chi connectivity index (χ1v) is 6.96. The molecule has 6 nitrogen and oxygen atoms in total. The zero-order valence-electron chi connectivity index (χ0n) is 11.2. The number of nitrogens with zero attached hydrogens (tertiary/aromatic N) is 2. The Morgan fingerprint density at radius 1 is 1.32 bits per heavy atom. The van der Waals surface area contributed by atoms with E-state index >= 15 is 0 Å². The summed E-state index contributed by atoms with van der Waals surface area (Å²) in [6, 6.07) is 11.2. The van der Waals surface area contributed by atoms with E-state index in [2.05, 4.69) is 31.5 Å². The highest BCUT2D eigenvalue weighted by Crippen LogP contribution is 2.15. The van der Waals surface area contributed by atoms with Crippen LogP contribution in [0.3, 0.4) is 0 Å². The molecule has 0 aliphatic carbocycles. The van der Waals surface area contributed by atoms with E-state index in [4.69, 9.17) is 5.26 Å². The average molecular weight is 359 g/mol. The Labute approximate surface area is 135 Å². The van der Waals surface area contributed by atoms with Gasteiger partial charge in [-0.25, -0.2) is 4.98 Å². The molecule has 2 aromatic rings. The number of halogens is 1. The monoisotopic (exact) mass is 358 g/mol. The Balaban J connectivity index is 2.07. The van der Waals surface area contributed by atoms with Crippen molar-refractivity contribution in [1.82, 2.24) is 4.98 Å². The van der Waals surface area contributed by atoms with Crippen molar-refractivity contribution in [3.63, 3.8) is 0 Å². The van der Waals surface area contributed by atoms with E-state index in [9.17, 15) is 9.90 Å². The van der Waals surface area contributed by atoms with Crippen molar-refractivity contribution in [1.29, 1.82) is 5.26 Å². The molecule has 7 heteroatoms. The summed E-state index contributed by atoms with van der Waals surface area (Å²) in [4.78, 5) is 16.0. The molecule has 0 aliphatic heterocycles. The number of phenols is 1. The molecule has 22 heavy (non-hydrogen) atoms. The number of aromatic nitrogens is 1. The molecule has 1 aromatic heterocycles. The number of anilines is 2. The van der Waals surface area contributed by atoms with Gasteiger partial charge in [0, 0.05) is 22.6 Å². The molecule has 1 aromatic carbocycles. The van der Waals surface area contributed by atoms with Crippen LogP contribution in [0.25, 0.3) is 0 Å². The number of rotatable bonds is 4. The van der Waals surface area contributed by atoms with Crippen LogP contribution in [0.2, 0.25) is 0 Å². The molecule has 0 radical (unpaired) electrons. The lowest BCUT2D eigenvalue weighted by atomic mass is 10.2. The zero-order valence-corrected chi connectivity index (χ0v) is 12.8. The van der Waals surface area contributed by atoms with Crippen molar-refractivity contribution in [3.05, 3.63) is 58.8 Å². The Morgan fingerprint density at radius 2 is 2.05 bits per heavy atom. The zero-order chi connectivity index (χ0) is 15.9. The summed E-state index contributed by atoms with van der Waals surface area (Å²) in [6.45, 7) is 0. The van der Waals surface area contributed by atoms with Gasteiger partial charge < -0.3 is 15.7 Å². The number of nitrogens with one attached hydrogen (secondary N) is 2. The molecule has 2 rings (SSSR count). The number of nitriles is 1. The largest absolute Gasteiger partial charge is 0.508 e. The Kier molecular flexibility index (Phi) is 5.11. The van der Waals surface area contributed by atoms with Crippen LogP contribution in [-0.4, -0.2) is 16.0 Å². The van der Waals surface area contributed by atoms with Crippen molar-refractivity contribution in [2.24, 2.45) is 0 Å². The number of phenolic OH excluding ortho intramolecular Hbond substituents is 1. The molecule has 3 N–H and O–H groups in total. The summed E-state index contributed by atoms with van der Waals surface area (Å²) >= 11 is 3.30. The molecule has 0 saturated heterocycles. The van der Waals surface area contributed by atoms with Crippen molar-refractivity contribution < 1.29 is 9.90 Å². The normalized spacial score (nSPS) is 10.6. The minimum atomic E-state index is -0.560. The van der Waals surface area contributed by atoms with Gasteiger partial charge >= 0.3 is 0 Å². The fraction of sp³-hybridized carbons (Fsp3) is 0. The average Bonchev–Trinajstić information content (AvgIpc) is 2.50. The highest BCUT2D eigenvalue weighted by molar-refractivity contribution is 9.10. The van der Waals surface area contributed by atoms with Crippen LogP contribution in [0.4, 0.5) is 11.5 Å². The minimum absolute atomic E-state index is 0.0939. The molecule has 0 atom stereocenters. The standard InChI is InChI=1S/C15H11BrN4O2/c16-11-5-6-18-14(7-11)19-9-10(8-17)15(22)20-12-1-3-13(21)4-2-12/h1-7,9,21H,(H,18,19)(H,20,22)/b10-9-. The fourth-order valence-electron chi connectivity index (χ4n) is 1.52. The van der Waals surface area contributed by atoms with Crippen molar-refractivity contribution in [2.45, 2.75) is 0 Å². The summed E-state index contributed by atoms with van der Waals surface area (Å²) in [5, 5.41) is 23.6. The summed E-state index contributed by atoms with van der Waals surface area (Å²) in [7, 11) is 0. The summed E-state index contributed by atoms with van der Waals surface area (Å²) in [6.07, 6.45) is 2.87. The van der Waals surface area contributed by atoms with Crippen molar-refractivity contribution in [3.8, 4) is 11.8 Å². The van der Waals surface area contributed by atoms with Gasteiger partial charge in [-0.2, -0.15) is 5.26 Å². The maximum atomic E-state index is 12.0. The van der Waals surface area contributed by atoms with Gasteiger partial charge in [-0.1, -0.05) is 15.9 Å². The molecule has 0 aliphatic rings. The van der Waals surface area contributed by atoms with Crippen molar-refractivity contribution in [2.75, 3.05) is 10.6 Å². The van der Waals surface area contributed by atoms with Gasteiger partial charge in [0.05, 0.1) is 0 Å². The Bertz CT molecular complexity index is 751. The van der Waals surface area contributed by atoms with Gasteiger partial charge in [0.2, 0.25) is 0 Å². The molecule has 110 valence electrons. The minimum Gasteiger partial charge on any atom is -0.508 e. The molecule has 0 unspecified atom stereocenters. The SMILES string of the molecule is N#C/C(=C/Nc1cc(Br)ccn1)C(=O)Nc1ccc(O)cc1. The first-order valence-electron chi connectivity index (χ1n) is 6.17. The van der Waals surface area contributed by atoms with Gasteiger partial charge in [0.1, 0.15) is 23.2 Å². The first-order chi connectivity index (χ1) is 10.6. The number of amides is 1. The van der Waals surface area contributed by atoms with Crippen LogP contribution < -0.4 is 10.6 Å². The van der Waals surface area contributed by atoms with Gasteiger partial charge in [-0.15, -0.1) is 0 Å². The van der Waals surface area contributed by atoms with E-state index in [0.29, 0.717) is 11.5 Å². The smallest absolute Gasteiger partial charge is 0.267 e. The lowest BCUT2D eigenvalue weighted by Crippen LogP contribution is -2.14. The third-order valence-electron chi connectivity index (χ3n) is 2.58. The second kappa shape index (κ2) is 7.24. The van der Waals surface area contributed by atoms with Crippen LogP contribution in [0.15, 0.2) is 58.8 Å². The van der Waals surface area contributed by atoms with E-state index in [1.807, 2.05) is 6.07 Å². The van der Waals surface area contributed by atoms with Gasteiger partial charge in [-0.3, -0.25) is 4.79 Å². The van der Waals surface area contributed by atoms with Crippen molar-refractivity contribution >= 4 is 33.3 Å². The summed E-state index contributed by atoms with van der Waals surface area (Å²) in [5.41, 5.74) is 0.374. The van der Waals surface area contributed by atoms with E-state index in [1.54, 1.807) is 18.3 Å². The molecule has 0 fully saturated rings. The van der Waals surface area contributed by atoms with E-state index in [-0.39, 0.29) is 11.3 Å². The molecular weight excluding hydrogens is 348 g/mol. The maximum Gasteiger partial charge on any atom is 0.267 e. The highest BCUT2D eigenvalue weighted by atomic mass is 79.9. The Morgan fingerprint density at radius 3 is 2.68 bits per heavy atom. The molecule has 0 saturated carbocycles. The number of pyridine rings is 1. The highest BCUT2D eigenvalue weighted by Gasteiger charge is 2.09. The van der Waals surface area contributed by atoms with Crippen LogP contribution in [0, 0.1) is 11.3 Å². The topological polar surface area (TPSA) is 98.0 Å². The molecular formula is C15H11BrN4O2. The third-order valence-corrected chi connectivity index (χ3v) is 3.07. The van der Waals surface area contributed by atoms with Crippen LogP contribution in [0.5, 0.6) is 5.75 Å². The number of hydrogen-bond acceptors (Lipinski definition) is 5. The van der Waals surface area contributed by atoms with Crippen LogP contribution in [0.1, 0.15) is 0 Å². The lowest BCUT2D eigenvalue weighted by molar-refractivity contribution is -0.112. The Hall–Kier alpha value is -2.85. The molecule has 1 amide bonds. The van der Waals surface area contributed by atoms with Crippen LogP contribution in [-0.2, 0) is 4.79 Å². The van der Waals surface area contributed by atoms with Gasteiger partial charge in [0.25, 0.3) is 5.91 Å². The number of carbonyl (C=O) groups excluding carboxylic acids is 1. The predicted molar refractivity (Wildman–Crippen MR) is 86.0 cm³/mol. The first kappa shape index (κ1) is 15.5. The number of carbonyl (C=O) groups is 1. The fourth-order valence-corrected chi connectivity index (χ4v) is 1.86. The second-order valence-electron chi connectivity index (χ2n) is 4.17. The number of benzene rings is 1. The molecule has 1 heterocycles. The predicted octanol–water partition coefficient (Wildman–Crippen LogP) is 3.01. The third kappa shape index (κ3) is 4.33. The van der Waals surface area contributed by atoms with E-state index in [0.717, 1.165) is 4.47 Å². The summed E-state index contributed by atoms with van der Waals surface area (Å²) < 4.78 is 0.824. The lowest BCUT2D eigenvalue weighted by Gasteiger charge is -2.05. The maximum absolute atomic E-state index is 12.0. The van der Waals surface area contributed by atoms with E-state index < -0.39 is 5.91 Å². The number of hydrogen-bond donors (Lipinski definition) is 3. The molecule has 0 spiro atoms. The number of aromatic hydroxyl groups is 1. The quantitative estimate of drug-likeness (QED) is 0.443. The molecule has 0 bridgehead atoms. The van der Waals surface area contributed by atoms with Gasteiger partial charge in [0.15, 0.2) is 0 Å². The summed E-state index contributed by atoms with van der Waals surface area (Å²) in [5.74, 6) is 0.0340. The van der Waals surface area contributed by atoms with Crippen LogP contribution >= 0.6 is 15.9 Å². The van der Waals surface area contributed by atoms with Gasteiger partial charge in [-0.05, 0) is 36.4 Å².